The van der Waals surface area contributed by atoms with Crippen LogP contribution >= 0.6 is 0 Å². The molecule has 0 saturated carbocycles. The minimum Gasteiger partial charge on any atom is -0.481 e. The Balaban J connectivity index is 2.34. The first-order valence-electron chi connectivity index (χ1n) is 8.08. The van der Waals surface area contributed by atoms with Gasteiger partial charge in [-0.3, -0.25) is 15.1 Å². The molecule has 0 spiro atoms. The van der Waals surface area contributed by atoms with E-state index >= 15 is 0 Å². The number of aliphatic imine (C=N–C) groups is 1. The second kappa shape index (κ2) is 9.55. The Morgan fingerprint density at radius 1 is 1.34 bits per heavy atom. The van der Waals surface area contributed by atoms with E-state index in [2.05, 4.69) is 31.6 Å². The maximum atomic E-state index is 13.9. The van der Waals surface area contributed by atoms with Crippen LogP contribution in [0.3, 0.4) is 0 Å². The standard InChI is InChI=1S/C18H19FN6O3S/c1-12(25-29(3,26)27)7-8-16(22-14-9-10-21-11-13(14)19)24-18(20)15-5-4-6-17(23-15)28-2/h4-11,25H,1H2,2-3H3,(H2,20,21,22,24)/b8-7+. The van der Waals surface area contributed by atoms with Gasteiger partial charge in [0.15, 0.2) is 11.7 Å². The molecule has 9 nitrogen and oxygen atoms in total. The van der Waals surface area contributed by atoms with Gasteiger partial charge in [0.25, 0.3) is 0 Å². The molecule has 3 N–H and O–H groups in total. The van der Waals surface area contributed by atoms with Crippen LogP contribution in [-0.4, -0.2) is 43.4 Å². The number of rotatable bonds is 7. The molecule has 2 heterocycles. The van der Waals surface area contributed by atoms with Crippen LogP contribution in [0.5, 0.6) is 5.88 Å². The topological polar surface area (TPSA) is 129 Å². The van der Waals surface area contributed by atoms with Gasteiger partial charge >= 0.3 is 0 Å². The van der Waals surface area contributed by atoms with Crippen LogP contribution in [0.1, 0.15) is 5.69 Å². The maximum Gasteiger partial charge on any atom is 0.229 e. The second-order valence-electron chi connectivity index (χ2n) is 5.62. The summed E-state index contributed by atoms with van der Waals surface area (Å²) in [6, 6.07) is 6.21. The summed E-state index contributed by atoms with van der Waals surface area (Å²) in [7, 11) is -2.06. The number of hydrogen-bond acceptors (Lipinski definition) is 6. The van der Waals surface area contributed by atoms with Crippen molar-refractivity contribution in [3.63, 3.8) is 0 Å². The summed E-state index contributed by atoms with van der Waals surface area (Å²) in [5, 5.41) is 10.9. The number of methoxy groups -OCH3 is 1. The highest BCUT2D eigenvalue weighted by molar-refractivity contribution is 7.88. The minimum absolute atomic E-state index is 0.0428. The van der Waals surface area contributed by atoms with Gasteiger partial charge in [0.1, 0.15) is 11.5 Å². The van der Waals surface area contributed by atoms with Crippen LogP contribution in [0, 0.1) is 11.2 Å². The van der Waals surface area contributed by atoms with Gasteiger partial charge in [0.05, 0.1) is 25.2 Å². The number of pyridine rings is 2. The van der Waals surface area contributed by atoms with Gasteiger partial charge in [-0.05, 0) is 24.3 Å². The molecule has 0 amide bonds. The molecule has 29 heavy (non-hydrogen) atoms. The fourth-order valence-electron chi connectivity index (χ4n) is 2.01. The highest BCUT2D eigenvalue weighted by Crippen LogP contribution is 2.12. The summed E-state index contributed by atoms with van der Waals surface area (Å²) in [4.78, 5) is 11.9. The van der Waals surface area contributed by atoms with Crippen LogP contribution < -0.4 is 14.8 Å². The lowest BCUT2D eigenvalue weighted by Crippen LogP contribution is -2.20. The van der Waals surface area contributed by atoms with E-state index < -0.39 is 15.8 Å². The highest BCUT2D eigenvalue weighted by atomic mass is 32.2. The average molecular weight is 418 g/mol. The number of hydrogen-bond donors (Lipinski definition) is 3. The molecule has 0 aliphatic carbocycles. The van der Waals surface area contributed by atoms with Crippen molar-refractivity contribution in [1.29, 1.82) is 5.41 Å². The van der Waals surface area contributed by atoms with Crippen LogP contribution in [0.15, 0.2) is 66.1 Å². The maximum absolute atomic E-state index is 13.9. The molecular formula is C18H19FN6O3S. The molecule has 0 radical (unpaired) electrons. The van der Waals surface area contributed by atoms with E-state index in [1.165, 1.54) is 31.5 Å². The summed E-state index contributed by atoms with van der Waals surface area (Å²) < 4.78 is 43.7. The molecule has 2 aromatic heterocycles. The van der Waals surface area contributed by atoms with E-state index in [9.17, 15) is 12.8 Å². The van der Waals surface area contributed by atoms with Gasteiger partial charge in [0, 0.05) is 18.0 Å². The number of nitrogens with zero attached hydrogens (tertiary/aromatic N) is 3. The van der Waals surface area contributed by atoms with Gasteiger partial charge in [-0.1, -0.05) is 12.6 Å². The van der Waals surface area contributed by atoms with E-state index in [0.717, 1.165) is 12.5 Å². The van der Waals surface area contributed by atoms with Crippen molar-refractivity contribution >= 4 is 27.4 Å². The fraction of sp³-hybridized carbons (Fsp3) is 0.111. The lowest BCUT2D eigenvalue weighted by molar-refractivity contribution is 0.397. The Labute approximate surface area is 167 Å². The van der Waals surface area contributed by atoms with Crippen LogP contribution in [0.25, 0.3) is 0 Å². The van der Waals surface area contributed by atoms with Crippen molar-refractivity contribution in [1.82, 2.24) is 14.7 Å². The molecule has 2 aromatic rings. The Morgan fingerprint density at radius 2 is 2.10 bits per heavy atom. The summed E-state index contributed by atoms with van der Waals surface area (Å²) in [6.45, 7) is 3.57. The molecule has 0 aromatic carbocycles. The number of sulfonamides is 1. The van der Waals surface area contributed by atoms with Crippen molar-refractivity contribution in [2.24, 2.45) is 4.99 Å². The Hall–Kier alpha value is -3.60. The number of anilines is 1. The second-order valence-corrected chi connectivity index (χ2v) is 7.37. The van der Waals surface area contributed by atoms with Gasteiger partial charge in [0.2, 0.25) is 15.9 Å². The van der Waals surface area contributed by atoms with Crippen LogP contribution in [-0.2, 0) is 10.0 Å². The van der Waals surface area contributed by atoms with E-state index in [1.807, 2.05) is 0 Å². The molecule has 152 valence electrons. The molecule has 2 rings (SSSR count). The average Bonchev–Trinajstić information content (AvgIpc) is 2.66. The zero-order chi connectivity index (χ0) is 21.4. The zero-order valence-electron chi connectivity index (χ0n) is 15.7. The summed E-state index contributed by atoms with van der Waals surface area (Å²) in [5.74, 6) is -0.514. The van der Waals surface area contributed by atoms with Crippen LogP contribution in [0.2, 0.25) is 0 Å². The van der Waals surface area contributed by atoms with Gasteiger partial charge in [-0.2, -0.15) is 0 Å². The molecule has 0 fully saturated rings. The Kier molecular flexibility index (Phi) is 7.15. The number of aromatic nitrogens is 2. The number of nitrogens with one attached hydrogen (secondary N) is 3. The third kappa shape index (κ3) is 7.14. The van der Waals surface area contributed by atoms with Crippen molar-refractivity contribution in [2.75, 3.05) is 18.7 Å². The molecule has 0 bridgehead atoms. The predicted molar refractivity (Wildman–Crippen MR) is 109 cm³/mol. The third-order valence-corrected chi connectivity index (χ3v) is 3.83. The SMILES string of the molecule is C=C(/C=C/C(=N\C(=N)c1cccc(OC)n1)Nc1ccncc1F)NS(C)(=O)=O. The largest absolute Gasteiger partial charge is 0.481 e. The first-order chi connectivity index (χ1) is 13.7. The molecular weight excluding hydrogens is 399 g/mol. The quantitative estimate of drug-likeness (QED) is 0.359. The van der Waals surface area contributed by atoms with Gasteiger partial charge < -0.3 is 10.1 Å². The highest BCUT2D eigenvalue weighted by Gasteiger charge is 2.08. The van der Waals surface area contributed by atoms with Crippen LogP contribution in [0.4, 0.5) is 10.1 Å². The Morgan fingerprint density at radius 3 is 2.76 bits per heavy atom. The molecule has 0 unspecified atom stereocenters. The molecule has 0 aliphatic rings. The zero-order valence-corrected chi connectivity index (χ0v) is 16.5. The smallest absolute Gasteiger partial charge is 0.229 e. The van der Waals surface area contributed by atoms with Crippen molar-refractivity contribution < 1.29 is 17.5 Å². The number of halogens is 1. The molecule has 0 atom stereocenters. The summed E-state index contributed by atoms with van der Waals surface area (Å²) in [6.07, 6.45) is 6.04. The van der Waals surface area contributed by atoms with Crippen molar-refractivity contribution in [3.8, 4) is 5.88 Å². The molecule has 0 saturated heterocycles. The lowest BCUT2D eigenvalue weighted by atomic mass is 10.3. The number of amidine groups is 2. The first kappa shape index (κ1) is 21.7. The predicted octanol–water partition coefficient (Wildman–Crippen LogP) is 2.08. The molecule has 0 aliphatic heterocycles. The number of allylic oxidation sites excluding steroid dienone is 1. The third-order valence-electron chi connectivity index (χ3n) is 3.20. The minimum atomic E-state index is -3.51. The Bertz CT molecular complexity index is 1080. The van der Waals surface area contributed by atoms with Crippen molar-refractivity contribution in [2.45, 2.75) is 0 Å². The summed E-state index contributed by atoms with van der Waals surface area (Å²) >= 11 is 0. The summed E-state index contributed by atoms with van der Waals surface area (Å²) in [5.41, 5.74) is 0.347. The van der Waals surface area contributed by atoms with Crippen molar-refractivity contribution in [3.05, 3.63) is 72.6 Å². The van der Waals surface area contributed by atoms with E-state index in [0.29, 0.717) is 5.88 Å². The number of ether oxygens (including phenoxy) is 1. The van der Waals surface area contributed by atoms with E-state index in [-0.39, 0.29) is 28.7 Å². The first-order valence-corrected chi connectivity index (χ1v) is 9.97. The van der Waals surface area contributed by atoms with Gasteiger partial charge in [-0.25, -0.2) is 22.8 Å². The monoisotopic (exact) mass is 418 g/mol. The lowest BCUT2D eigenvalue weighted by Gasteiger charge is -2.09. The molecule has 11 heteroatoms. The van der Waals surface area contributed by atoms with Gasteiger partial charge in [-0.15, -0.1) is 0 Å². The van der Waals surface area contributed by atoms with E-state index in [4.69, 9.17) is 10.1 Å². The normalized spacial score (nSPS) is 11.9. The van der Waals surface area contributed by atoms with E-state index in [1.54, 1.807) is 18.2 Å². The fourth-order valence-corrected chi connectivity index (χ4v) is 2.56.